The van der Waals surface area contributed by atoms with Gasteiger partial charge in [0.15, 0.2) is 5.96 Å². The molecular formula is C12H11F3N4O2. The summed E-state index contributed by atoms with van der Waals surface area (Å²) in [4.78, 5) is 15.1. The molecule has 1 amide bonds. The molecular weight excluding hydrogens is 289 g/mol. The van der Waals surface area contributed by atoms with Crippen molar-refractivity contribution in [3.8, 4) is 5.75 Å². The predicted molar refractivity (Wildman–Crippen MR) is 69.0 cm³/mol. The van der Waals surface area contributed by atoms with Gasteiger partial charge in [-0.25, -0.2) is 0 Å². The number of rotatable bonds is 1. The van der Waals surface area contributed by atoms with Crippen LogP contribution in [-0.2, 0) is 6.18 Å². The summed E-state index contributed by atoms with van der Waals surface area (Å²) in [6.45, 7) is 0. The van der Waals surface area contributed by atoms with Crippen molar-refractivity contribution in [2.75, 3.05) is 7.05 Å². The Kier molecular flexibility index (Phi) is 3.28. The van der Waals surface area contributed by atoms with E-state index in [1.54, 1.807) is 0 Å². The topological polar surface area (TPSA) is 106 Å². The first-order valence-electron chi connectivity index (χ1n) is 5.67. The lowest BCUT2D eigenvalue weighted by Gasteiger charge is -2.12. The average Bonchev–Trinajstić information content (AvgIpc) is 2.81. The van der Waals surface area contributed by atoms with Gasteiger partial charge in [0.05, 0.1) is 11.1 Å². The minimum absolute atomic E-state index is 0.204. The summed E-state index contributed by atoms with van der Waals surface area (Å²) < 4.78 is 38.7. The van der Waals surface area contributed by atoms with Crippen molar-refractivity contribution in [2.24, 2.45) is 5.73 Å². The number of carbonyl (C=O) groups is 1. The van der Waals surface area contributed by atoms with Crippen LogP contribution in [0, 0.1) is 5.41 Å². The number of nitrogens with two attached hydrogens (primary N) is 1. The van der Waals surface area contributed by atoms with E-state index in [9.17, 15) is 23.1 Å². The number of halogens is 3. The van der Waals surface area contributed by atoms with Crippen molar-refractivity contribution in [3.05, 3.63) is 29.5 Å². The highest BCUT2D eigenvalue weighted by molar-refractivity contribution is 6.06. The Morgan fingerprint density at radius 1 is 1.43 bits per heavy atom. The molecule has 0 bridgehead atoms. The zero-order valence-corrected chi connectivity index (χ0v) is 10.7. The largest absolute Gasteiger partial charge is 0.506 e. The number of carbonyl (C=O) groups excluding carboxylic acids is 1. The molecule has 0 atom stereocenters. The van der Waals surface area contributed by atoms with Crippen molar-refractivity contribution in [1.82, 2.24) is 9.88 Å². The smallest absolute Gasteiger partial charge is 0.417 e. The van der Waals surface area contributed by atoms with E-state index in [4.69, 9.17) is 11.1 Å². The molecule has 0 radical (unpaired) electrons. The third-order valence-electron chi connectivity index (χ3n) is 2.97. The van der Waals surface area contributed by atoms with Crippen LogP contribution < -0.4 is 5.73 Å². The van der Waals surface area contributed by atoms with Gasteiger partial charge in [0.2, 0.25) is 0 Å². The van der Waals surface area contributed by atoms with E-state index in [1.807, 2.05) is 0 Å². The Morgan fingerprint density at radius 2 is 2.05 bits per heavy atom. The number of aromatic hydroxyl groups is 1. The van der Waals surface area contributed by atoms with Gasteiger partial charge in [-0.2, -0.15) is 13.2 Å². The Hall–Kier alpha value is -2.71. The Bertz CT molecular complexity index is 736. The van der Waals surface area contributed by atoms with E-state index in [2.05, 4.69) is 4.98 Å². The molecule has 1 aromatic heterocycles. The molecule has 1 aromatic carbocycles. The molecule has 6 nitrogen and oxygen atoms in total. The first kappa shape index (κ1) is 14.7. The minimum atomic E-state index is -4.62. The predicted octanol–water partition coefficient (Wildman–Crippen LogP) is 1.86. The molecule has 0 aliphatic rings. The van der Waals surface area contributed by atoms with Gasteiger partial charge in [0, 0.05) is 12.4 Å². The normalized spacial score (nSPS) is 11.6. The number of H-pyrrole nitrogens is 1. The number of aromatic nitrogens is 1. The number of alkyl halides is 3. The van der Waals surface area contributed by atoms with Crippen molar-refractivity contribution in [2.45, 2.75) is 6.18 Å². The molecule has 0 fully saturated rings. The molecule has 1 heterocycles. The lowest BCUT2D eigenvalue weighted by atomic mass is 10.1. The van der Waals surface area contributed by atoms with Crippen molar-refractivity contribution in [1.29, 1.82) is 5.41 Å². The van der Waals surface area contributed by atoms with Crippen LogP contribution in [0.3, 0.4) is 0 Å². The first-order chi connectivity index (χ1) is 9.62. The summed E-state index contributed by atoms with van der Waals surface area (Å²) in [6, 6.07) is 2.60. The van der Waals surface area contributed by atoms with Crippen molar-refractivity contribution in [3.63, 3.8) is 0 Å². The molecule has 0 aliphatic carbocycles. The molecule has 0 aliphatic heterocycles. The van der Waals surface area contributed by atoms with Crippen LogP contribution in [0.25, 0.3) is 10.9 Å². The summed E-state index contributed by atoms with van der Waals surface area (Å²) in [5.74, 6) is -1.76. The molecule has 9 heteroatoms. The van der Waals surface area contributed by atoms with Crippen LogP contribution in [-0.4, -0.2) is 33.9 Å². The van der Waals surface area contributed by atoms with Gasteiger partial charge in [-0.3, -0.25) is 15.1 Å². The van der Waals surface area contributed by atoms with Crippen LogP contribution >= 0.6 is 0 Å². The Balaban J connectivity index is 2.63. The highest BCUT2D eigenvalue weighted by Crippen LogP contribution is 2.38. The monoisotopic (exact) mass is 300 g/mol. The van der Waals surface area contributed by atoms with Crippen LogP contribution in [0.15, 0.2) is 18.2 Å². The molecule has 0 saturated carbocycles. The van der Waals surface area contributed by atoms with E-state index in [-0.39, 0.29) is 16.6 Å². The van der Waals surface area contributed by atoms with Gasteiger partial charge >= 0.3 is 6.18 Å². The van der Waals surface area contributed by atoms with Gasteiger partial charge in [0.1, 0.15) is 11.4 Å². The van der Waals surface area contributed by atoms with E-state index in [0.717, 1.165) is 23.1 Å². The fourth-order valence-corrected chi connectivity index (χ4v) is 1.86. The van der Waals surface area contributed by atoms with Crippen molar-refractivity contribution >= 4 is 22.8 Å². The second-order valence-electron chi connectivity index (χ2n) is 4.35. The van der Waals surface area contributed by atoms with Gasteiger partial charge in [-0.1, -0.05) is 0 Å². The number of nitrogens with zero attached hydrogens (tertiary/aromatic N) is 1. The maximum atomic E-state index is 12.9. The quantitative estimate of drug-likeness (QED) is 0.477. The van der Waals surface area contributed by atoms with Gasteiger partial charge in [-0.15, -0.1) is 0 Å². The number of phenolic OH excluding ortho intramolecular Hbond substituents is 1. The number of aromatic amines is 1. The molecule has 0 unspecified atom stereocenters. The SMILES string of the molecule is CN(C(=N)N)C(=O)c1cc2c(C(F)(F)F)ccc(O)c2[nH]1. The van der Waals surface area contributed by atoms with Gasteiger partial charge in [-0.05, 0) is 18.2 Å². The highest BCUT2D eigenvalue weighted by Gasteiger charge is 2.34. The fraction of sp³-hybridized carbons (Fsp3) is 0.167. The number of nitrogens with one attached hydrogen (secondary N) is 2. The van der Waals surface area contributed by atoms with Crippen LogP contribution in [0.4, 0.5) is 13.2 Å². The summed E-state index contributed by atoms with van der Waals surface area (Å²) in [7, 11) is 1.21. The second kappa shape index (κ2) is 4.69. The van der Waals surface area contributed by atoms with E-state index < -0.39 is 29.4 Å². The second-order valence-corrected chi connectivity index (χ2v) is 4.35. The van der Waals surface area contributed by atoms with Crippen molar-refractivity contribution < 1.29 is 23.1 Å². The average molecular weight is 300 g/mol. The highest BCUT2D eigenvalue weighted by atomic mass is 19.4. The van der Waals surface area contributed by atoms with Crippen LogP contribution in [0.2, 0.25) is 0 Å². The standard InChI is InChI=1S/C12H11F3N4O2/c1-19(11(16)17)10(21)7-4-5-6(12(13,14)15)2-3-8(20)9(5)18-7/h2-4,18,20H,1H3,(H3,16,17). The maximum Gasteiger partial charge on any atom is 0.417 e. The Morgan fingerprint density at radius 3 is 2.57 bits per heavy atom. The number of phenols is 1. The number of guanidine groups is 1. The molecule has 0 spiro atoms. The molecule has 112 valence electrons. The summed E-state index contributed by atoms with van der Waals surface area (Å²) in [5.41, 5.74) is 3.75. The lowest BCUT2D eigenvalue weighted by molar-refractivity contribution is -0.136. The summed E-state index contributed by atoms with van der Waals surface area (Å²) in [6.07, 6.45) is -4.62. The number of amides is 1. The zero-order chi connectivity index (χ0) is 15.9. The number of benzene rings is 1. The van der Waals surface area contributed by atoms with Crippen LogP contribution in [0.5, 0.6) is 5.75 Å². The zero-order valence-electron chi connectivity index (χ0n) is 10.7. The van der Waals surface area contributed by atoms with Gasteiger partial charge < -0.3 is 15.8 Å². The summed E-state index contributed by atoms with van der Waals surface area (Å²) in [5, 5.41) is 16.4. The molecule has 21 heavy (non-hydrogen) atoms. The van der Waals surface area contributed by atoms with E-state index in [1.165, 1.54) is 7.05 Å². The molecule has 5 N–H and O–H groups in total. The van der Waals surface area contributed by atoms with E-state index in [0.29, 0.717) is 0 Å². The minimum Gasteiger partial charge on any atom is -0.506 e. The van der Waals surface area contributed by atoms with E-state index >= 15 is 0 Å². The third-order valence-corrected chi connectivity index (χ3v) is 2.97. The number of fused-ring (bicyclic) bond motifs is 1. The van der Waals surface area contributed by atoms with Gasteiger partial charge in [0.25, 0.3) is 5.91 Å². The van der Waals surface area contributed by atoms with Crippen LogP contribution in [0.1, 0.15) is 16.1 Å². The Labute approximate surface area is 116 Å². The first-order valence-corrected chi connectivity index (χ1v) is 5.67. The molecule has 2 aromatic rings. The molecule has 2 rings (SSSR count). The lowest BCUT2D eigenvalue weighted by Crippen LogP contribution is -2.38. The number of hydrogen-bond acceptors (Lipinski definition) is 3. The number of hydrogen-bond donors (Lipinski definition) is 4. The third kappa shape index (κ3) is 2.49. The molecule has 0 saturated heterocycles. The fourth-order valence-electron chi connectivity index (χ4n) is 1.86. The summed E-state index contributed by atoms with van der Waals surface area (Å²) >= 11 is 0. The maximum absolute atomic E-state index is 12.9.